The van der Waals surface area contributed by atoms with Gasteiger partial charge in [0.15, 0.2) is 5.82 Å². The fraction of sp³-hybridized carbons (Fsp3) is 0.442. The second-order valence-electron chi connectivity index (χ2n) is 19.8. The number of ether oxygens (including phenoxy) is 1. The van der Waals surface area contributed by atoms with Crippen LogP contribution in [0.4, 0.5) is 20.3 Å². The number of piperazine rings is 1. The van der Waals surface area contributed by atoms with Crippen molar-refractivity contribution in [2.75, 3.05) is 62.2 Å². The molecule has 4 aliphatic heterocycles. The number of rotatable bonds is 17. The predicted octanol–water partition coefficient (Wildman–Crippen LogP) is 7.17. The van der Waals surface area contributed by atoms with Gasteiger partial charge in [-0.2, -0.15) is 9.97 Å². The number of aryl methyl sites for hydroxylation is 1. The molecule has 1 spiro atoms. The van der Waals surface area contributed by atoms with Crippen molar-refractivity contribution in [2.24, 2.45) is 10.8 Å². The Morgan fingerprint density at radius 1 is 1.06 bits per heavy atom. The van der Waals surface area contributed by atoms with E-state index in [0.29, 0.717) is 79.9 Å². The average Bonchev–Trinajstić information content (AvgIpc) is 4.00. The number of fused-ring (bicyclic) bond motifs is 4. The fourth-order valence-electron chi connectivity index (χ4n) is 10.9. The van der Waals surface area contributed by atoms with E-state index in [-0.39, 0.29) is 50.3 Å². The van der Waals surface area contributed by atoms with Crippen LogP contribution in [0.2, 0.25) is 0 Å². The first-order chi connectivity index (χ1) is 32.4. The molecular formula is C52H57F2N9O4. The number of phenolic OH excluding ortho intramolecular Hbond substituents is 1. The summed E-state index contributed by atoms with van der Waals surface area (Å²) in [6, 6.07) is 12.7. The van der Waals surface area contributed by atoms with E-state index >= 15 is 8.78 Å². The van der Waals surface area contributed by atoms with Gasteiger partial charge in [-0.1, -0.05) is 24.6 Å². The zero-order chi connectivity index (χ0) is 46.5. The van der Waals surface area contributed by atoms with E-state index in [0.717, 1.165) is 101 Å². The van der Waals surface area contributed by atoms with Crippen molar-refractivity contribution >= 4 is 45.9 Å². The number of phenols is 1. The maximum Gasteiger partial charge on any atom is 0.319 e. The van der Waals surface area contributed by atoms with Gasteiger partial charge in [0, 0.05) is 90.6 Å². The van der Waals surface area contributed by atoms with Crippen molar-refractivity contribution < 1.29 is 28.2 Å². The molecule has 348 valence electrons. The number of amides is 1. The molecule has 1 amide bonds. The number of unbranched alkanes of at least 4 members (excludes halogenated alkanes) is 1. The topological polar surface area (TPSA) is 139 Å². The van der Waals surface area contributed by atoms with Gasteiger partial charge in [0.1, 0.15) is 34.9 Å². The highest BCUT2D eigenvalue weighted by Crippen LogP contribution is 2.49. The third-order valence-electron chi connectivity index (χ3n) is 14.9. The Balaban J connectivity index is 0.815. The number of piperidine rings is 1. The lowest BCUT2D eigenvalue weighted by molar-refractivity contribution is -0.121. The Morgan fingerprint density at radius 3 is 2.55 bits per heavy atom. The number of pyridine rings is 1. The van der Waals surface area contributed by atoms with E-state index in [1.165, 1.54) is 29.3 Å². The minimum Gasteiger partial charge on any atom is -0.508 e. The Bertz CT molecular complexity index is 2780. The van der Waals surface area contributed by atoms with E-state index < -0.39 is 11.6 Å². The van der Waals surface area contributed by atoms with E-state index in [9.17, 15) is 14.7 Å². The van der Waals surface area contributed by atoms with E-state index in [4.69, 9.17) is 21.1 Å². The minimum absolute atomic E-state index is 0.0381. The molecule has 5 aromatic rings. The summed E-state index contributed by atoms with van der Waals surface area (Å²) in [5.41, 5.74) is 7.42. The van der Waals surface area contributed by atoms with E-state index in [2.05, 4.69) is 68.0 Å². The third kappa shape index (κ3) is 8.96. The molecule has 1 saturated carbocycles. The molecule has 13 nitrogen and oxygen atoms in total. The Hall–Kier alpha value is -6.37. The van der Waals surface area contributed by atoms with Gasteiger partial charge in [0.2, 0.25) is 6.41 Å². The lowest BCUT2D eigenvalue weighted by Gasteiger charge is -2.55. The van der Waals surface area contributed by atoms with Gasteiger partial charge in [-0.05, 0) is 118 Å². The number of benzene rings is 3. The summed E-state index contributed by atoms with van der Waals surface area (Å²) in [6.07, 6.45) is 17.1. The van der Waals surface area contributed by atoms with Gasteiger partial charge in [0.25, 0.3) is 0 Å². The molecule has 15 heteroatoms. The van der Waals surface area contributed by atoms with Crippen molar-refractivity contribution in [3.63, 3.8) is 0 Å². The smallest absolute Gasteiger partial charge is 0.319 e. The van der Waals surface area contributed by atoms with Gasteiger partial charge < -0.3 is 40.1 Å². The van der Waals surface area contributed by atoms with Gasteiger partial charge in [-0.15, -0.1) is 6.42 Å². The summed E-state index contributed by atoms with van der Waals surface area (Å²) in [6.45, 7) is 13.2. The van der Waals surface area contributed by atoms with Crippen LogP contribution in [-0.2, 0) is 16.1 Å². The number of aromatic nitrogens is 3. The van der Waals surface area contributed by atoms with Crippen LogP contribution in [0.5, 0.6) is 11.8 Å². The maximum absolute atomic E-state index is 17.1. The van der Waals surface area contributed by atoms with Crippen LogP contribution in [0, 0.1) is 41.7 Å². The standard InChI is InChI=1S/C52H57F2N9O4/c1-4-41-44(53)13-9-35-22-40(66)23-42(45(35)41)47-46(54)48-43(24-55-47)49(61-26-37-10-11-38(27-61)56-37)58-50(57-48)67-31-52(14-15-52)28-60-18-16-51(17-19-60)29-62(30-51)39-12-8-33(2)36(21-39)25-63(32-65)59-34(3)7-5-6-20-64/h1,8-9,12-13,20-24,32,37-38,56,59,66H,3,5-7,10-11,14-19,25-31H2,2H3. The molecule has 4 saturated heterocycles. The molecule has 3 N–H and O–H groups in total. The largest absolute Gasteiger partial charge is 0.508 e. The monoisotopic (exact) mass is 909 g/mol. The number of likely N-dealkylation sites (tertiary alicyclic amines) is 1. The van der Waals surface area contributed by atoms with E-state index in [1.54, 1.807) is 6.20 Å². The zero-order valence-corrected chi connectivity index (χ0v) is 38.0. The maximum atomic E-state index is 17.1. The second-order valence-corrected chi connectivity index (χ2v) is 19.8. The van der Waals surface area contributed by atoms with Crippen LogP contribution < -0.4 is 25.3 Å². The number of nitrogens with zero attached hydrogens (tertiary/aromatic N) is 7. The predicted molar refractivity (Wildman–Crippen MR) is 254 cm³/mol. The lowest BCUT2D eigenvalue weighted by Crippen LogP contribution is -2.60. The number of anilines is 2. The number of terminal acetylenes is 1. The molecular weight excluding hydrogens is 853 g/mol. The van der Waals surface area contributed by atoms with Crippen molar-refractivity contribution in [1.82, 2.24) is 35.6 Å². The SMILES string of the molecule is C#Cc1c(F)ccc2cc(O)cc(-c3ncc4c(N5CC6CCC(C5)N6)nc(OCC5(CN6CCC7(CC6)CN(c6ccc(C)c(CN(C=O)NC(=C)CCCC=O)c6)C7)CC5)nc4c3F)c12. The first-order valence-electron chi connectivity index (χ1n) is 23.5. The van der Waals surface area contributed by atoms with Crippen LogP contribution in [0.25, 0.3) is 32.9 Å². The van der Waals surface area contributed by atoms with Gasteiger partial charge in [-0.3, -0.25) is 14.8 Å². The minimum atomic E-state index is -0.730. The second kappa shape index (κ2) is 18.0. The molecule has 2 atom stereocenters. The summed E-state index contributed by atoms with van der Waals surface area (Å²) >= 11 is 0. The number of aldehydes is 1. The number of carbonyl (C=O) groups is 2. The highest BCUT2D eigenvalue weighted by Gasteiger charge is 2.49. The molecule has 5 fully saturated rings. The Morgan fingerprint density at radius 2 is 1.84 bits per heavy atom. The fourth-order valence-corrected chi connectivity index (χ4v) is 10.9. The van der Waals surface area contributed by atoms with Crippen molar-refractivity contribution in [2.45, 2.75) is 83.3 Å². The van der Waals surface area contributed by atoms with Crippen LogP contribution in [0.1, 0.15) is 74.5 Å². The summed E-state index contributed by atoms with van der Waals surface area (Å²) in [4.78, 5) is 44.1. The van der Waals surface area contributed by atoms with Crippen LogP contribution >= 0.6 is 0 Å². The normalized spacial score (nSPS) is 20.4. The molecule has 3 aromatic carbocycles. The van der Waals surface area contributed by atoms with E-state index in [1.807, 2.05) is 0 Å². The summed E-state index contributed by atoms with van der Waals surface area (Å²) in [7, 11) is 0. The number of halogens is 2. The molecule has 0 radical (unpaired) electrons. The lowest BCUT2D eigenvalue weighted by atomic mass is 9.71. The summed E-state index contributed by atoms with van der Waals surface area (Å²) in [5, 5.41) is 17.1. The molecule has 2 bridgehead atoms. The first-order valence-corrected chi connectivity index (χ1v) is 23.5. The molecule has 5 aliphatic rings. The Labute approximate surface area is 389 Å². The Kier molecular flexibility index (Phi) is 12.0. The van der Waals surface area contributed by atoms with Crippen LogP contribution in [0.15, 0.2) is 60.9 Å². The molecule has 1 aliphatic carbocycles. The molecule has 6 heterocycles. The molecule has 10 rings (SSSR count). The first kappa shape index (κ1) is 44.5. The highest BCUT2D eigenvalue weighted by molar-refractivity contribution is 6.03. The van der Waals surface area contributed by atoms with Crippen molar-refractivity contribution in [3.05, 3.63) is 89.3 Å². The average molecular weight is 910 g/mol. The number of hydrazine groups is 1. The number of carbonyl (C=O) groups excluding carboxylic acids is 2. The molecule has 67 heavy (non-hydrogen) atoms. The number of hydrogen-bond acceptors (Lipinski definition) is 12. The van der Waals surface area contributed by atoms with Gasteiger partial charge in [0.05, 0.1) is 24.1 Å². The number of aromatic hydroxyl groups is 1. The molecule has 2 unspecified atom stereocenters. The third-order valence-corrected chi connectivity index (χ3v) is 14.9. The highest BCUT2D eigenvalue weighted by atomic mass is 19.1. The van der Waals surface area contributed by atoms with Gasteiger partial charge >= 0.3 is 6.01 Å². The quantitative estimate of drug-likeness (QED) is 0.0378. The number of nitrogens with one attached hydrogen (secondary N) is 2. The van der Waals surface area contributed by atoms with Crippen LogP contribution in [-0.4, -0.2) is 107 Å². The molecule has 2 aromatic heterocycles. The number of allylic oxidation sites excluding steroid dienone is 1. The summed E-state index contributed by atoms with van der Waals surface area (Å²) in [5.74, 6) is 1.50. The van der Waals surface area contributed by atoms with Crippen LogP contribution in [0.3, 0.4) is 0 Å². The number of hydrogen-bond donors (Lipinski definition) is 3. The van der Waals surface area contributed by atoms with Crippen molar-refractivity contribution in [3.8, 4) is 35.4 Å². The summed E-state index contributed by atoms with van der Waals surface area (Å²) < 4.78 is 38.7. The van der Waals surface area contributed by atoms with Crippen molar-refractivity contribution in [1.29, 1.82) is 0 Å². The zero-order valence-electron chi connectivity index (χ0n) is 38.0. The van der Waals surface area contributed by atoms with Gasteiger partial charge in [-0.25, -0.2) is 8.78 Å².